The molecule has 16 atom stereocenters. The molecule has 0 amide bonds. The molecule has 2 heterocycles. The average molecular weight is 845 g/mol. The van der Waals surface area contributed by atoms with Crippen molar-refractivity contribution in [2.45, 2.75) is 150 Å². The van der Waals surface area contributed by atoms with Gasteiger partial charge in [0.05, 0.1) is 30.8 Å². The predicted octanol–water partition coefficient (Wildman–Crippen LogP) is -1.25. The lowest BCUT2D eigenvalue weighted by Crippen LogP contribution is -2.65. The molecule has 6 aliphatic rings. The number of esters is 1. The van der Waals surface area contributed by atoms with Gasteiger partial charge in [-0.15, -0.1) is 0 Å². The Hall–Kier alpha value is -1.41. The van der Waals surface area contributed by atoms with E-state index in [9.17, 15) is 66.5 Å². The Bertz CT molecular complexity index is 1680. The first kappa shape index (κ1) is 44.2. The first-order chi connectivity index (χ1) is 26.0. The third-order valence-electron chi connectivity index (χ3n) is 14.2. The number of hydrogen-bond donors (Lipinski definition) is 9. The number of aliphatic hydroxyl groups is 7. The zero-order valence-electron chi connectivity index (χ0n) is 31.3. The Morgan fingerprint density at radius 2 is 1.41 bits per heavy atom. The second-order valence-electron chi connectivity index (χ2n) is 17.3. The topological polar surface area (TPSA) is 314 Å². The molecule has 2 aliphatic heterocycles. The highest BCUT2D eigenvalue weighted by atomic mass is 32.3. The second-order valence-corrected chi connectivity index (χ2v) is 20.8. The first-order valence-electron chi connectivity index (χ1n) is 19.0. The molecular weight excluding hydrogens is 789 g/mol. The summed E-state index contributed by atoms with van der Waals surface area (Å²) in [5.41, 5.74) is -2.00. The minimum Gasteiger partial charge on any atom is -0.465 e. The van der Waals surface area contributed by atoms with Gasteiger partial charge in [0.25, 0.3) is 20.2 Å². The van der Waals surface area contributed by atoms with Gasteiger partial charge >= 0.3 is 5.97 Å². The fourth-order valence-corrected chi connectivity index (χ4v) is 13.5. The van der Waals surface area contributed by atoms with Crippen LogP contribution in [0.15, 0.2) is 12.2 Å². The van der Waals surface area contributed by atoms with Crippen LogP contribution in [0.5, 0.6) is 0 Å². The van der Waals surface area contributed by atoms with Gasteiger partial charge in [0.15, 0.2) is 12.6 Å². The molecule has 1 spiro atoms. The van der Waals surface area contributed by atoms with Crippen LogP contribution < -0.4 is 0 Å². The minimum atomic E-state index is -5.19. The van der Waals surface area contributed by atoms with E-state index in [0.717, 1.165) is 12.0 Å². The minimum absolute atomic E-state index is 0.0756. The number of carbonyl (C=O) groups excluding carboxylic acids is 1. The van der Waals surface area contributed by atoms with Crippen molar-refractivity contribution >= 4 is 26.2 Å². The lowest BCUT2D eigenvalue weighted by Gasteiger charge is -2.64. The third kappa shape index (κ3) is 7.50. The van der Waals surface area contributed by atoms with E-state index in [4.69, 9.17) is 23.7 Å². The van der Waals surface area contributed by atoms with Crippen LogP contribution in [0.4, 0.5) is 0 Å². The van der Waals surface area contributed by atoms with Crippen LogP contribution in [0.2, 0.25) is 0 Å². The van der Waals surface area contributed by atoms with Crippen molar-refractivity contribution in [1.82, 2.24) is 0 Å². The molecule has 21 heteroatoms. The van der Waals surface area contributed by atoms with Gasteiger partial charge in [0.2, 0.25) is 4.58 Å². The molecule has 0 aromatic carbocycles. The van der Waals surface area contributed by atoms with Gasteiger partial charge in [0, 0.05) is 6.42 Å². The molecule has 0 radical (unpaired) electrons. The van der Waals surface area contributed by atoms with Gasteiger partial charge in [-0.2, -0.15) is 16.8 Å². The summed E-state index contributed by atoms with van der Waals surface area (Å²) in [6.45, 7) is 6.30. The van der Waals surface area contributed by atoms with Crippen molar-refractivity contribution < 1.29 is 90.2 Å². The summed E-state index contributed by atoms with van der Waals surface area (Å²) in [5.74, 6) is -0.725. The molecule has 6 rings (SSSR count). The van der Waals surface area contributed by atoms with Crippen molar-refractivity contribution in [1.29, 1.82) is 0 Å². The van der Waals surface area contributed by atoms with Crippen LogP contribution in [-0.2, 0) is 48.7 Å². The maximum atomic E-state index is 13.8. The highest BCUT2D eigenvalue weighted by molar-refractivity contribution is 8.03. The summed E-state index contributed by atoms with van der Waals surface area (Å²) >= 11 is 0. The second kappa shape index (κ2) is 15.6. The molecule has 9 N–H and O–H groups in total. The molecule has 6 fully saturated rings. The van der Waals surface area contributed by atoms with E-state index < -0.39 is 129 Å². The van der Waals surface area contributed by atoms with Gasteiger partial charge in [-0.1, -0.05) is 19.9 Å². The smallest absolute Gasteiger partial charge is 0.312 e. The zero-order chi connectivity index (χ0) is 41.4. The summed E-state index contributed by atoms with van der Waals surface area (Å²) in [6, 6.07) is 0. The summed E-state index contributed by atoms with van der Waals surface area (Å²) < 4.78 is 92.1. The van der Waals surface area contributed by atoms with Crippen molar-refractivity contribution in [3.8, 4) is 0 Å². The normalized spacial score (nSPS) is 47.0. The van der Waals surface area contributed by atoms with Crippen LogP contribution in [0, 0.1) is 28.1 Å². The quantitative estimate of drug-likeness (QED) is 0.0480. The molecule has 56 heavy (non-hydrogen) atoms. The Balaban J connectivity index is 1.20. The van der Waals surface area contributed by atoms with E-state index in [2.05, 4.69) is 13.5 Å². The number of aliphatic hydroxyl groups excluding tert-OH is 7. The fourth-order valence-electron chi connectivity index (χ4n) is 11.5. The maximum Gasteiger partial charge on any atom is 0.312 e. The largest absolute Gasteiger partial charge is 0.465 e. The van der Waals surface area contributed by atoms with E-state index >= 15 is 0 Å². The molecule has 0 aromatic heterocycles. The summed E-state index contributed by atoms with van der Waals surface area (Å²) in [6.07, 6.45) is -11.5. The van der Waals surface area contributed by atoms with Crippen LogP contribution >= 0.6 is 0 Å². The molecule has 322 valence electrons. The molecule has 0 unspecified atom stereocenters. The standard InChI is InChI=1S/C35H56O19S2/c1-17-13-34-10-5-20-32(2,8-4-9-33(20,3)31(43)50-12-7-22(55(44,45)46)56(47,48)49)21(34)6-11-35(17,16-34)54-30-28(26(41)24(39)19(15-37)52-30)53-29-27(42)25(40)23(38)18(14-36)51-29/h18-30,36-42H,1,4-16H2,2-3H3,(H,44,45,46)(H,47,48,49)/t18-,19-,20+,21+,23-,24-,25+,26+,27-,28-,29+,30-,32-,33-,34-,35+/m1/s1. The van der Waals surface area contributed by atoms with Gasteiger partial charge in [0.1, 0.15) is 48.8 Å². The lowest BCUT2D eigenvalue weighted by molar-refractivity contribution is -0.378. The van der Waals surface area contributed by atoms with Crippen molar-refractivity contribution in [2.75, 3.05) is 19.8 Å². The number of rotatable bonds is 12. The maximum absolute atomic E-state index is 13.8. The third-order valence-corrected chi connectivity index (χ3v) is 17.4. The number of fused-ring (bicyclic) bond motifs is 3. The Kier molecular flexibility index (Phi) is 12.3. The van der Waals surface area contributed by atoms with E-state index in [1.54, 1.807) is 6.92 Å². The average Bonchev–Trinajstić information content (AvgIpc) is 3.31. The summed E-state index contributed by atoms with van der Waals surface area (Å²) in [5, 5.41) is 73.0. The van der Waals surface area contributed by atoms with E-state index in [0.29, 0.717) is 51.4 Å². The highest BCUT2D eigenvalue weighted by Gasteiger charge is 2.69. The van der Waals surface area contributed by atoms with Crippen LogP contribution in [0.25, 0.3) is 0 Å². The van der Waals surface area contributed by atoms with Gasteiger partial charge in [-0.3, -0.25) is 13.9 Å². The van der Waals surface area contributed by atoms with Gasteiger partial charge < -0.3 is 59.4 Å². The van der Waals surface area contributed by atoms with Crippen LogP contribution in [-0.4, -0.2) is 159 Å². The highest BCUT2D eigenvalue weighted by Crippen LogP contribution is 2.73. The van der Waals surface area contributed by atoms with E-state index in [1.165, 1.54) is 0 Å². The zero-order valence-corrected chi connectivity index (χ0v) is 33.0. The monoisotopic (exact) mass is 844 g/mol. The number of hydrogen-bond acceptors (Lipinski definition) is 17. The fraction of sp³-hybridized carbons (Fsp3) is 0.914. The van der Waals surface area contributed by atoms with Crippen LogP contribution in [0.3, 0.4) is 0 Å². The van der Waals surface area contributed by atoms with Crippen molar-refractivity contribution in [2.24, 2.45) is 28.1 Å². The SMILES string of the molecule is C=C1C[C@@]23CC[C@H]4[C@@](C)(CCC[C@@]4(C)C(=O)OCCC(S(=O)(=O)O)S(=O)(=O)O)[C@@H]2CC[C@]1(O[C@H]1O[C@H](CO)[C@@H](O)[C@H](O)[C@H]1O[C@@H]1O[C@H](CO)[C@@H](O)[C@H](O)[C@H]1O)C3. The molecule has 4 aliphatic carbocycles. The summed E-state index contributed by atoms with van der Waals surface area (Å²) in [4.78, 5) is 13.8. The van der Waals surface area contributed by atoms with E-state index in [1.807, 2.05) is 0 Å². The summed E-state index contributed by atoms with van der Waals surface area (Å²) in [7, 11) is -10.4. The van der Waals surface area contributed by atoms with Crippen molar-refractivity contribution in [3.63, 3.8) is 0 Å². The molecule has 2 bridgehead atoms. The van der Waals surface area contributed by atoms with Crippen LogP contribution in [0.1, 0.15) is 78.1 Å². The Morgan fingerprint density at radius 3 is 2.02 bits per heavy atom. The lowest BCUT2D eigenvalue weighted by atomic mass is 9.41. The molecular formula is C35H56O19S2. The van der Waals surface area contributed by atoms with E-state index in [-0.39, 0.29) is 22.7 Å². The number of ether oxygens (including phenoxy) is 5. The predicted molar refractivity (Wildman–Crippen MR) is 189 cm³/mol. The van der Waals surface area contributed by atoms with Gasteiger partial charge in [-0.05, 0) is 86.5 Å². The van der Waals surface area contributed by atoms with Crippen molar-refractivity contribution in [3.05, 3.63) is 12.2 Å². The molecule has 19 nitrogen and oxygen atoms in total. The Morgan fingerprint density at radius 1 is 0.821 bits per heavy atom. The van der Waals surface area contributed by atoms with Gasteiger partial charge in [-0.25, -0.2) is 0 Å². The molecule has 0 aromatic rings. The number of carbonyl (C=O) groups is 1. The molecule has 4 saturated carbocycles. The first-order valence-corrected chi connectivity index (χ1v) is 22.0. The Labute approximate surface area is 325 Å². The molecule has 2 saturated heterocycles.